The maximum atomic E-state index is 12.4. The maximum absolute atomic E-state index is 12.4. The van der Waals surface area contributed by atoms with E-state index in [9.17, 15) is 9.59 Å². The van der Waals surface area contributed by atoms with Crippen LogP contribution in [0.15, 0.2) is 41.6 Å². The van der Waals surface area contributed by atoms with E-state index in [1.807, 2.05) is 37.3 Å². The van der Waals surface area contributed by atoms with Gasteiger partial charge in [-0.1, -0.05) is 30.3 Å². The molecule has 0 radical (unpaired) electrons. The van der Waals surface area contributed by atoms with E-state index in [-0.39, 0.29) is 19.4 Å². The van der Waals surface area contributed by atoms with Crippen molar-refractivity contribution in [1.29, 1.82) is 0 Å². The second-order valence-corrected chi connectivity index (χ2v) is 5.09. The molecule has 0 bridgehead atoms. The molecule has 1 N–H and O–H groups in total. The van der Waals surface area contributed by atoms with Crippen molar-refractivity contribution in [3.8, 4) is 0 Å². The molecular weight excluding hydrogens is 296 g/mol. The summed E-state index contributed by atoms with van der Waals surface area (Å²) in [5, 5.41) is 2.71. The molecule has 6 nitrogen and oxygen atoms in total. The Bertz CT molecular complexity index is 598. The number of esters is 1. The molecule has 6 heteroatoms. The number of nitrogens with zero attached hydrogens (tertiary/aromatic N) is 1. The van der Waals surface area contributed by atoms with Crippen molar-refractivity contribution in [2.75, 3.05) is 19.9 Å². The van der Waals surface area contributed by atoms with E-state index in [0.29, 0.717) is 17.9 Å². The highest BCUT2D eigenvalue weighted by Crippen LogP contribution is 2.34. The van der Waals surface area contributed by atoms with E-state index >= 15 is 0 Å². The minimum Gasteiger partial charge on any atom is -0.463 e. The van der Waals surface area contributed by atoms with Crippen molar-refractivity contribution in [2.24, 2.45) is 0 Å². The van der Waals surface area contributed by atoms with Crippen LogP contribution in [0.3, 0.4) is 0 Å². The van der Waals surface area contributed by atoms with Gasteiger partial charge < -0.3 is 14.8 Å². The number of nitrogens with one attached hydrogen (secondary N) is 1. The molecule has 0 aromatic heterocycles. The fraction of sp³-hybridized carbons (Fsp3) is 0.412. The quantitative estimate of drug-likeness (QED) is 0.819. The third-order valence-electron chi connectivity index (χ3n) is 3.59. The monoisotopic (exact) mass is 318 g/mol. The molecule has 1 aliphatic heterocycles. The number of benzene rings is 1. The SMILES string of the molecule is CCOCN1C(=O)NC(C)=C(C(=O)OCC)C1c1ccccc1. The summed E-state index contributed by atoms with van der Waals surface area (Å²) in [6, 6.07) is 8.58. The molecule has 1 aliphatic rings. The predicted octanol–water partition coefficient (Wildman–Crippen LogP) is 2.58. The lowest BCUT2D eigenvalue weighted by molar-refractivity contribution is -0.139. The number of carbonyl (C=O) groups excluding carboxylic acids is 2. The van der Waals surface area contributed by atoms with Crippen LogP contribution in [0.5, 0.6) is 0 Å². The van der Waals surface area contributed by atoms with Gasteiger partial charge in [-0.25, -0.2) is 9.59 Å². The average Bonchev–Trinajstić information content (AvgIpc) is 2.54. The highest BCUT2D eigenvalue weighted by molar-refractivity contribution is 5.95. The average molecular weight is 318 g/mol. The number of urea groups is 1. The van der Waals surface area contributed by atoms with Crippen LogP contribution in [0, 0.1) is 0 Å². The Hall–Kier alpha value is -2.34. The van der Waals surface area contributed by atoms with E-state index < -0.39 is 12.0 Å². The van der Waals surface area contributed by atoms with E-state index in [1.165, 1.54) is 4.90 Å². The molecule has 1 aromatic carbocycles. The molecule has 0 spiro atoms. The number of allylic oxidation sites excluding steroid dienone is 1. The molecular formula is C17H22N2O4. The smallest absolute Gasteiger partial charge is 0.338 e. The van der Waals surface area contributed by atoms with Gasteiger partial charge in [0, 0.05) is 12.3 Å². The van der Waals surface area contributed by atoms with Crippen molar-refractivity contribution in [3.63, 3.8) is 0 Å². The van der Waals surface area contributed by atoms with Crippen molar-refractivity contribution in [3.05, 3.63) is 47.2 Å². The molecule has 124 valence electrons. The van der Waals surface area contributed by atoms with Crippen LogP contribution in [0.2, 0.25) is 0 Å². The van der Waals surface area contributed by atoms with E-state index in [0.717, 1.165) is 5.56 Å². The third-order valence-corrected chi connectivity index (χ3v) is 3.59. The summed E-state index contributed by atoms with van der Waals surface area (Å²) >= 11 is 0. The summed E-state index contributed by atoms with van der Waals surface area (Å²) in [4.78, 5) is 26.3. The normalized spacial score (nSPS) is 18.0. The Morgan fingerprint density at radius 3 is 2.52 bits per heavy atom. The summed E-state index contributed by atoms with van der Waals surface area (Å²) in [6.45, 7) is 6.16. The first-order chi connectivity index (χ1) is 11.1. The summed E-state index contributed by atoms with van der Waals surface area (Å²) in [6.07, 6.45) is 0. The molecule has 1 aromatic rings. The van der Waals surface area contributed by atoms with Gasteiger partial charge in [0.25, 0.3) is 0 Å². The minimum absolute atomic E-state index is 0.0953. The lowest BCUT2D eigenvalue weighted by Crippen LogP contribution is -2.49. The van der Waals surface area contributed by atoms with Crippen LogP contribution < -0.4 is 5.32 Å². The minimum atomic E-state index is -0.532. The van der Waals surface area contributed by atoms with Gasteiger partial charge in [0.15, 0.2) is 0 Å². The number of rotatable bonds is 6. The standard InChI is InChI=1S/C17H22N2O4/c1-4-22-11-19-15(13-9-7-6-8-10-13)14(16(20)23-5-2)12(3)18-17(19)21/h6-10,15H,4-5,11H2,1-3H3,(H,18,21). The van der Waals surface area contributed by atoms with Gasteiger partial charge in [0.1, 0.15) is 6.73 Å². The Kier molecular flexibility index (Phi) is 5.76. The van der Waals surface area contributed by atoms with E-state index in [2.05, 4.69) is 5.32 Å². The van der Waals surface area contributed by atoms with Gasteiger partial charge >= 0.3 is 12.0 Å². The first-order valence-corrected chi connectivity index (χ1v) is 7.68. The number of amides is 2. The van der Waals surface area contributed by atoms with Crippen LogP contribution in [-0.2, 0) is 14.3 Å². The van der Waals surface area contributed by atoms with Crippen molar-refractivity contribution in [1.82, 2.24) is 10.2 Å². The lowest BCUT2D eigenvalue weighted by Gasteiger charge is -2.37. The molecule has 2 rings (SSSR count). The molecule has 1 unspecified atom stereocenters. The highest BCUT2D eigenvalue weighted by Gasteiger charge is 2.38. The molecule has 0 fully saturated rings. The van der Waals surface area contributed by atoms with Gasteiger partial charge in [-0.3, -0.25) is 4.90 Å². The van der Waals surface area contributed by atoms with E-state index in [4.69, 9.17) is 9.47 Å². The van der Waals surface area contributed by atoms with Crippen LogP contribution in [0.25, 0.3) is 0 Å². The predicted molar refractivity (Wildman–Crippen MR) is 85.4 cm³/mol. The molecule has 1 heterocycles. The Morgan fingerprint density at radius 2 is 1.91 bits per heavy atom. The van der Waals surface area contributed by atoms with Crippen molar-refractivity contribution < 1.29 is 19.1 Å². The van der Waals surface area contributed by atoms with Gasteiger partial charge in [-0.2, -0.15) is 0 Å². The molecule has 2 amide bonds. The van der Waals surface area contributed by atoms with Crippen molar-refractivity contribution >= 4 is 12.0 Å². The van der Waals surface area contributed by atoms with Crippen LogP contribution >= 0.6 is 0 Å². The molecule has 0 saturated carbocycles. The van der Waals surface area contributed by atoms with Crippen molar-refractivity contribution in [2.45, 2.75) is 26.8 Å². The first-order valence-electron chi connectivity index (χ1n) is 7.68. The number of hydrogen-bond acceptors (Lipinski definition) is 4. The zero-order valence-electron chi connectivity index (χ0n) is 13.7. The summed E-state index contributed by atoms with van der Waals surface area (Å²) in [5.41, 5.74) is 1.77. The highest BCUT2D eigenvalue weighted by atomic mass is 16.5. The fourth-order valence-electron chi connectivity index (χ4n) is 2.56. The Labute approximate surface area is 136 Å². The summed E-state index contributed by atoms with van der Waals surface area (Å²) < 4.78 is 10.6. The topological polar surface area (TPSA) is 67.9 Å². The summed E-state index contributed by atoms with van der Waals surface area (Å²) in [5.74, 6) is -0.430. The number of ether oxygens (including phenoxy) is 2. The van der Waals surface area contributed by atoms with Crippen LogP contribution in [-0.4, -0.2) is 36.8 Å². The molecule has 23 heavy (non-hydrogen) atoms. The maximum Gasteiger partial charge on any atom is 0.338 e. The molecule has 0 aliphatic carbocycles. The Balaban J connectivity index is 2.48. The van der Waals surface area contributed by atoms with Gasteiger partial charge in [0.2, 0.25) is 0 Å². The number of carbonyl (C=O) groups is 2. The fourth-order valence-corrected chi connectivity index (χ4v) is 2.56. The molecule has 0 saturated heterocycles. The van der Waals surface area contributed by atoms with Crippen LogP contribution in [0.1, 0.15) is 32.4 Å². The second-order valence-electron chi connectivity index (χ2n) is 5.09. The number of hydrogen-bond donors (Lipinski definition) is 1. The van der Waals surface area contributed by atoms with Gasteiger partial charge in [0.05, 0.1) is 18.2 Å². The lowest BCUT2D eigenvalue weighted by atomic mass is 9.94. The van der Waals surface area contributed by atoms with Crippen LogP contribution in [0.4, 0.5) is 4.79 Å². The van der Waals surface area contributed by atoms with E-state index in [1.54, 1.807) is 13.8 Å². The largest absolute Gasteiger partial charge is 0.463 e. The second kappa shape index (κ2) is 7.78. The van der Waals surface area contributed by atoms with Gasteiger partial charge in [-0.05, 0) is 26.3 Å². The zero-order valence-corrected chi connectivity index (χ0v) is 13.7. The first kappa shape index (κ1) is 17.0. The zero-order chi connectivity index (χ0) is 16.8. The summed E-state index contributed by atoms with van der Waals surface area (Å²) in [7, 11) is 0. The molecule has 1 atom stereocenters. The van der Waals surface area contributed by atoms with Gasteiger partial charge in [-0.15, -0.1) is 0 Å². The Morgan fingerprint density at radius 1 is 1.22 bits per heavy atom. The third kappa shape index (κ3) is 3.71.